The van der Waals surface area contributed by atoms with E-state index in [-0.39, 0.29) is 39.1 Å². The molecule has 6 saturated heterocycles. The fourth-order valence-electron chi connectivity index (χ4n) is 7.16. The van der Waals surface area contributed by atoms with Gasteiger partial charge in [0, 0.05) is 45.3 Å². The van der Waals surface area contributed by atoms with E-state index in [1.165, 1.54) is 0 Å². The number of carbonyl (C=O) groups is 3. The molecule has 0 spiro atoms. The van der Waals surface area contributed by atoms with Crippen LogP contribution in [0.4, 0.5) is 0 Å². The maximum absolute atomic E-state index is 13.4. The summed E-state index contributed by atoms with van der Waals surface area (Å²) in [7, 11) is -35.0. The zero-order valence-electron chi connectivity index (χ0n) is 36.1. The van der Waals surface area contributed by atoms with Crippen LogP contribution in [0.2, 0.25) is 45.3 Å². The summed E-state index contributed by atoms with van der Waals surface area (Å²) in [5.41, 5.74) is -4.51. The number of esters is 3. The molecule has 8 bridgehead atoms. The molecule has 7 unspecified atom stereocenters. The van der Waals surface area contributed by atoms with Crippen LogP contribution in [0.3, 0.4) is 0 Å². The summed E-state index contributed by atoms with van der Waals surface area (Å²) in [6.45, 7) is 27.9. The van der Waals surface area contributed by atoms with Crippen molar-refractivity contribution in [2.45, 2.75) is 162 Å². The highest BCUT2D eigenvalue weighted by molar-refractivity contribution is 7.04. The molecule has 6 heterocycles. The van der Waals surface area contributed by atoms with Gasteiger partial charge < -0.3 is 63.6 Å². The van der Waals surface area contributed by atoms with Gasteiger partial charge in [0.05, 0.1) is 39.1 Å². The molecule has 0 aromatic rings. The highest BCUT2D eigenvalue weighted by Gasteiger charge is 2.86. The van der Waals surface area contributed by atoms with E-state index in [1.807, 2.05) is 55.4 Å². The first kappa shape index (κ1) is 47.7. The Morgan fingerprint density at radius 1 is 0.368 bits per heavy atom. The molecule has 18 nitrogen and oxygen atoms in total. The Balaban J connectivity index is 1.94. The Hall–Kier alpha value is -0.335. The minimum atomic E-state index is -4.59. The topological polar surface area (TPSA) is 190 Å². The van der Waals surface area contributed by atoms with Crippen LogP contribution >= 0.6 is 0 Å². The van der Waals surface area contributed by atoms with Crippen LogP contribution in [0.5, 0.6) is 0 Å². The minimum absolute atomic E-state index is 0.143. The Morgan fingerprint density at radius 2 is 0.561 bits per heavy atom. The molecular formula is C31H64O18Si8. The van der Waals surface area contributed by atoms with Gasteiger partial charge in [-0.15, -0.1) is 0 Å². The SMILES string of the molecule is CCOC(=O)CC(C)[Si]12O[Si]3(C)O[Si]4(C(C)C)O[Si](C(C)C)(O1)O[Si]1(C(C)CC(=O)OCC)O[Si](C(C)C)(O[Si](C(C)C)(O3)O[Si](C(C)CC(=O)OCC)(O4)O1)O2. The maximum Gasteiger partial charge on any atom is 0.482 e. The number of hydrogen-bond donors (Lipinski definition) is 0. The van der Waals surface area contributed by atoms with E-state index in [2.05, 4.69) is 0 Å². The summed E-state index contributed by atoms with van der Waals surface area (Å²) < 4.78 is 106. The van der Waals surface area contributed by atoms with Gasteiger partial charge in [0.2, 0.25) is 0 Å². The molecule has 0 saturated carbocycles. The van der Waals surface area contributed by atoms with Gasteiger partial charge in [-0.05, 0) is 20.8 Å². The predicted molar refractivity (Wildman–Crippen MR) is 217 cm³/mol. The van der Waals surface area contributed by atoms with Crippen molar-refractivity contribution >= 4 is 88.3 Å². The second-order valence-electron chi connectivity index (χ2n) is 16.7. The van der Waals surface area contributed by atoms with E-state index in [1.54, 1.807) is 48.1 Å². The second kappa shape index (κ2) is 17.1. The standard InChI is InChI=1S/C31H64O18Si8/c1-16-35-29(32)19-26(12)55-40-50(15)38-51(22(4)5)41-53(45-55,24(8)9)47-57(28(14)21-31(34)37-18-3)48-54(46-55,25(10)11)42-52(39-50,23(6)7)44-56(43-51,49-57)27(13)20-30(33)36-17-2/h22-28H,16-21H2,1-15H3. The zero-order chi connectivity index (χ0) is 42.6. The van der Waals surface area contributed by atoms with Gasteiger partial charge in [0.15, 0.2) is 0 Å². The molecular weight excluding hydrogens is 885 g/mol. The molecule has 0 aliphatic carbocycles. The summed E-state index contributed by atoms with van der Waals surface area (Å²) in [4.78, 5) is 40.1. The first-order valence-corrected chi connectivity index (χ1v) is 35.1. The molecule has 26 heteroatoms. The predicted octanol–water partition coefficient (Wildman–Crippen LogP) is 6.06. The van der Waals surface area contributed by atoms with E-state index >= 15 is 0 Å². The fourth-order valence-corrected chi connectivity index (χ4v) is 60.4. The van der Waals surface area contributed by atoms with Gasteiger partial charge in [-0.2, -0.15) is 0 Å². The lowest BCUT2D eigenvalue weighted by molar-refractivity contribution is -0.144. The Morgan fingerprint density at radius 3 is 0.807 bits per heavy atom. The molecule has 0 aromatic heterocycles. The van der Waals surface area contributed by atoms with E-state index in [4.69, 9.17) is 63.6 Å². The first-order chi connectivity index (χ1) is 26.4. The van der Waals surface area contributed by atoms with Crippen molar-refractivity contribution in [3.8, 4) is 0 Å². The molecule has 6 aliphatic heterocycles. The van der Waals surface area contributed by atoms with Gasteiger partial charge in [-0.3, -0.25) is 14.4 Å². The molecule has 57 heavy (non-hydrogen) atoms. The van der Waals surface area contributed by atoms with Crippen molar-refractivity contribution in [3.05, 3.63) is 0 Å². The summed E-state index contributed by atoms with van der Waals surface area (Å²) in [6.07, 6.45) is -0.527. The van der Waals surface area contributed by atoms with Gasteiger partial charge in [-0.1, -0.05) is 76.2 Å². The molecule has 0 amide bonds. The summed E-state index contributed by atoms with van der Waals surface area (Å²) in [5, 5.41) is 0. The van der Waals surface area contributed by atoms with Crippen LogP contribution in [0, 0.1) is 0 Å². The molecule has 6 rings (SSSR count). The van der Waals surface area contributed by atoms with Crippen LogP contribution in [0.1, 0.15) is 116 Å². The second-order valence-corrected chi connectivity index (χ2v) is 44.2. The lowest BCUT2D eigenvalue weighted by Gasteiger charge is -2.66. The van der Waals surface area contributed by atoms with Crippen LogP contribution in [-0.4, -0.2) is 108 Å². The molecule has 6 fully saturated rings. The number of carbonyl (C=O) groups excluding carboxylic acids is 3. The van der Waals surface area contributed by atoms with Crippen molar-refractivity contribution < 1.29 is 78.0 Å². The Kier molecular flexibility index (Phi) is 14.3. The molecule has 328 valence electrons. The zero-order valence-corrected chi connectivity index (χ0v) is 44.1. The highest BCUT2D eigenvalue weighted by atomic mass is 28.6. The van der Waals surface area contributed by atoms with E-state index in [0.717, 1.165) is 0 Å². The smallest absolute Gasteiger partial charge is 0.466 e. The van der Waals surface area contributed by atoms with Crippen LogP contribution < -0.4 is 0 Å². The third-order valence-corrected chi connectivity index (χ3v) is 48.8. The van der Waals surface area contributed by atoms with E-state index < -0.39 is 127 Å². The molecule has 0 radical (unpaired) electrons. The van der Waals surface area contributed by atoms with Crippen molar-refractivity contribution in [1.82, 2.24) is 0 Å². The van der Waals surface area contributed by atoms with E-state index in [0.29, 0.717) is 0 Å². The quantitative estimate of drug-likeness (QED) is 0.0985. The molecule has 6 aliphatic rings. The van der Waals surface area contributed by atoms with Gasteiger partial charge in [-0.25, -0.2) is 0 Å². The largest absolute Gasteiger partial charge is 0.482 e. The average Bonchev–Trinajstić information content (AvgIpc) is 3.03. The van der Waals surface area contributed by atoms with Crippen LogP contribution in [-0.2, 0) is 78.0 Å². The lowest BCUT2D eigenvalue weighted by Crippen LogP contribution is -2.90. The van der Waals surface area contributed by atoms with Crippen molar-refractivity contribution in [1.29, 1.82) is 0 Å². The van der Waals surface area contributed by atoms with Gasteiger partial charge in [0.25, 0.3) is 0 Å². The third-order valence-electron chi connectivity index (χ3n) is 10.5. The summed E-state index contributed by atoms with van der Waals surface area (Å²) in [5.74, 6) is -1.51. The lowest BCUT2D eigenvalue weighted by atomic mass is 10.3. The number of rotatable bonds is 16. The summed E-state index contributed by atoms with van der Waals surface area (Å²) >= 11 is 0. The molecule has 0 aromatic carbocycles. The normalized spacial score (nSPS) is 40.3. The van der Waals surface area contributed by atoms with Gasteiger partial charge in [0.1, 0.15) is 0 Å². The first-order valence-electron chi connectivity index (χ1n) is 20.3. The van der Waals surface area contributed by atoms with Gasteiger partial charge >= 0.3 is 88.3 Å². The Bertz CT molecular complexity index is 1460. The molecule has 0 N–H and O–H groups in total. The van der Waals surface area contributed by atoms with Crippen LogP contribution in [0.25, 0.3) is 0 Å². The number of ether oxygens (including phenoxy) is 3. The van der Waals surface area contributed by atoms with Crippen molar-refractivity contribution in [2.75, 3.05) is 19.8 Å². The average molecular weight is 950 g/mol. The molecule has 7 atom stereocenters. The number of hydrogen-bond acceptors (Lipinski definition) is 18. The maximum atomic E-state index is 13.4. The minimum Gasteiger partial charge on any atom is -0.466 e. The fraction of sp³-hybridized carbons (Fsp3) is 0.903. The third kappa shape index (κ3) is 8.84. The summed E-state index contributed by atoms with van der Waals surface area (Å²) in [6, 6.07) is 0. The Labute approximate surface area is 346 Å². The monoisotopic (exact) mass is 948 g/mol. The highest BCUT2D eigenvalue weighted by Crippen LogP contribution is 2.59. The van der Waals surface area contributed by atoms with Crippen molar-refractivity contribution in [3.63, 3.8) is 0 Å². The van der Waals surface area contributed by atoms with E-state index in [9.17, 15) is 14.4 Å². The van der Waals surface area contributed by atoms with Crippen LogP contribution in [0.15, 0.2) is 0 Å². The van der Waals surface area contributed by atoms with Crippen molar-refractivity contribution in [2.24, 2.45) is 0 Å².